The molecular weight excluding hydrogens is 900 g/mol. The van der Waals surface area contributed by atoms with Crippen molar-refractivity contribution in [1.29, 1.82) is 0 Å². The Morgan fingerprint density at radius 3 is 1.12 bits per heavy atom. The van der Waals surface area contributed by atoms with E-state index in [1.165, 1.54) is 0 Å². The lowest BCUT2D eigenvalue weighted by Crippen LogP contribution is -2.35. The molecule has 0 spiro atoms. The van der Waals surface area contributed by atoms with Crippen molar-refractivity contribution in [3.05, 3.63) is 136 Å². The van der Waals surface area contributed by atoms with Crippen LogP contribution in [0.3, 0.4) is 0 Å². The van der Waals surface area contributed by atoms with Crippen LogP contribution in [-0.4, -0.2) is 36.3 Å². The highest BCUT2D eigenvalue weighted by Gasteiger charge is 2.34. The van der Waals surface area contributed by atoms with Crippen LogP contribution in [0.5, 0.6) is 0 Å². The zero-order valence-electron chi connectivity index (χ0n) is 32.1. The van der Waals surface area contributed by atoms with Crippen LogP contribution in [0.15, 0.2) is 84.5 Å². The molecule has 2 aliphatic heterocycles. The van der Waals surface area contributed by atoms with Crippen molar-refractivity contribution >= 4 is 150 Å². The number of allylic oxidation sites excluding steroid dienone is 4. The first-order valence-electron chi connectivity index (χ1n) is 18.0. The van der Waals surface area contributed by atoms with E-state index in [-0.39, 0.29) is 0 Å². The summed E-state index contributed by atoms with van der Waals surface area (Å²) in [6.07, 6.45) is 12.4. The van der Waals surface area contributed by atoms with E-state index in [0.29, 0.717) is 53.3 Å². The molecule has 6 aromatic rings. The lowest BCUT2D eigenvalue weighted by molar-refractivity contribution is -0.647. The van der Waals surface area contributed by atoms with Crippen molar-refractivity contribution in [2.45, 2.75) is 0 Å². The summed E-state index contributed by atoms with van der Waals surface area (Å²) in [5, 5.41) is 3.93. The molecule has 58 heavy (non-hydrogen) atoms. The molecule has 0 atom stereocenters. The second-order valence-electron chi connectivity index (χ2n) is 14.2. The molecule has 16 heteroatoms. The number of aryl methyl sites for hydroxylation is 4. The SMILES string of the molecule is CN1C(=CC=Cc2n(C)c3cc(Cl)c(Cl)cc3[n+]2C)N(CCN2C(=CC=Cc3n(C)c4cc(Cl)c(Cl)cc4[n+]3C)N(C)c3cc(Cl)c(Cl)cc32)c2cc(Cl)c(Cl)cc21. The quantitative estimate of drug-likeness (QED) is 0.149. The van der Waals surface area contributed by atoms with Crippen LogP contribution in [0.4, 0.5) is 22.7 Å². The minimum absolute atomic E-state index is 0.472. The number of hydrogen-bond donors (Lipinski definition) is 0. The lowest BCUT2D eigenvalue weighted by Gasteiger charge is -2.28. The van der Waals surface area contributed by atoms with Crippen LogP contribution < -0.4 is 28.7 Å². The molecule has 0 aliphatic carbocycles. The van der Waals surface area contributed by atoms with E-state index in [1.54, 1.807) is 0 Å². The molecular formula is C42H36Cl8N8+2. The Balaban J connectivity index is 1.16. The number of benzene rings is 4. The number of halogens is 8. The third-order valence-corrected chi connectivity index (χ3v) is 13.9. The summed E-state index contributed by atoms with van der Waals surface area (Å²) in [6.45, 7) is 1.14. The minimum Gasteiger partial charge on any atom is -0.329 e. The first-order valence-corrected chi connectivity index (χ1v) is 21.0. The van der Waals surface area contributed by atoms with Gasteiger partial charge < -0.3 is 19.6 Å². The molecule has 0 bridgehead atoms. The topological polar surface area (TPSA) is 30.6 Å². The van der Waals surface area contributed by atoms with Gasteiger partial charge in [-0.15, -0.1) is 0 Å². The molecule has 0 amide bonds. The average molecular weight is 936 g/mol. The lowest BCUT2D eigenvalue weighted by atomic mass is 10.2. The molecule has 298 valence electrons. The van der Waals surface area contributed by atoms with Crippen molar-refractivity contribution in [3.8, 4) is 0 Å². The van der Waals surface area contributed by atoms with E-state index in [1.807, 2.05) is 103 Å². The number of anilines is 4. The van der Waals surface area contributed by atoms with E-state index < -0.39 is 0 Å². The molecule has 8 rings (SSSR count). The molecule has 4 heterocycles. The highest BCUT2D eigenvalue weighted by molar-refractivity contribution is 6.44. The van der Waals surface area contributed by atoms with Crippen LogP contribution in [0, 0.1) is 0 Å². The summed E-state index contributed by atoms with van der Waals surface area (Å²) >= 11 is 52.0. The molecule has 0 saturated heterocycles. The van der Waals surface area contributed by atoms with Gasteiger partial charge in [-0.1, -0.05) is 105 Å². The summed E-state index contributed by atoms with van der Waals surface area (Å²) < 4.78 is 8.35. The van der Waals surface area contributed by atoms with Crippen LogP contribution in [0.25, 0.3) is 34.2 Å². The normalized spacial score (nSPS) is 15.7. The van der Waals surface area contributed by atoms with E-state index in [2.05, 4.69) is 62.2 Å². The third kappa shape index (κ3) is 6.89. The van der Waals surface area contributed by atoms with E-state index >= 15 is 0 Å². The number of nitrogens with zero attached hydrogens (tertiary/aromatic N) is 8. The monoisotopic (exact) mass is 932 g/mol. The van der Waals surface area contributed by atoms with Crippen LogP contribution in [-0.2, 0) is 28.2 Å². The number of imidazole rings is 2. The summed E-state index contributed by atoms with van der Waals surface area (Å²) in [4.78, 5) is 8.73. The smallest absolute Gasteiger partial charge is 0.281 e. The molecule has 2 aromatic heterocycles. The number of hydrogen-bond acceptors (Lipinski definition) is 4. The molecule has 0 fully saturated rings. The maximum atomic E-state index is 6.66. The Bertz CT molecular complexity index is 2550. The van der Waals surface area contributed by atoms with E-state index in [4.69, 9.17) is 92.8 Å². The van der Waals surface area contributed by atoms with Gasteiger partial charge in [0.2, 0.25) is 0 Å². The molecule has 0 radical (unpaired) electrons. The highest BCUT2D eigenvalue weighted by Crippen LogP contribution is 2.47. The fourth-order valence-electron chi connectivity index (χ4n) is 7.91. The van der Waals surface area contributed by atoms with Crippen LogP contribution in [0.1, 0.15) is 11.6 Å². The Morgan fingerprint density at radius 2 is 0.759 bits per heavy atom. The Kier molecular flexibility index (Phi) is 11.1. The van der Waals surface area contributed by atoms with Gasteiger partial charge >= 0.3 is 0 Å². The summed E-state index contributed by atoms with van der Waals surface area (Å²) in [7, 11) is 12.1. The largest absolute Gasteiger partial charge is 0.329 e. The van der Waals surface area contributed by atoms with Crippen molar-refractivity contribution in [1.82, 2.24) is 9.13 Å². The summed E-state index contributed by atoms with van der Waals surface area (Å²) in [6, 6.07) is 15.2. The van der Waals surface area contributed by atoms with Gasteiger partial charge in [-0.2, -0.15) is 0 Å². The predicted octanol–water partition coefficient (Wildman–Crippen LogP) is 11.9. The Hall–Kier alpha value is -3.70. The van der Waals surface area contributed by atoms with Gasteiger partial charge in [0.1, 0.15) is 11.6 Å². The predicted molar refractivity (Wildman–Crippen MR) is 247 cm³/mol. The van der Waals surface area contributed by atoms with Crippen LogP contribution >= 0.6 is 92.8 Å². The number of fused-ring (bicyclic) bond motifs is 4. The standard InChI is InChI=1S/C42H36Cl8N8/c1-51-31-15-23(43)24(44)16-32(31)52(2)39(51)9-7-11-41-55(5)35-19-27(47)29(49)21-37(35)57(41)13-14-58-38-22-30(50)28(48)20-36(38)56(6)42(58)12-8-10-40-53(3)33-17-25(45)26(46)18-34(33)54(40)4/h7-12,15-22H,13-14H2,1-6H3/q+2. The van der Waals surface area contributed by atoms with Gasteiger partial charge in [-0.05, 0) is 36.4 Å². The maximum Gasteiger partial charge on any atom is 0.281 e. The average Bonchev–Trinajstić information content (AvgIpc) is 3.75. The fraction of sp³-hybridized carbons (Fsp3) is 0.190. The Morgan fingerprint density at radius 1 is 0.448 bits per heavy atom. The van der Waals surface area contributed by atoms with Crippen molar-refractivity contribution < 1.29 is 9.13 Å². The summed E-state index contributed by atoms with van der Waals surface area (Å²) in [5.41, 5.74) is 7.63. The first kappa shape index (κ1) is 41.1. The van der Waals surface area contributed by atoms with Crippen molar-refractivity contribution in [3.63, 3.8) is 0 Å². The second-order valence-corrected chi connectivity index (χ2v) is 17.4. The summed E-state index contributed by atoms with van der Waals surface area (Å²) in [5.74, 6) is 3.79. The maximum absolute atomic E-state index is 6.66. The van der Waals surface area contributed by atoms with Gasteiger partial charge in [0.05, 0.1) is 91.1 Å². The first-order chi connectivity index (χ1) is 27.6. The van der Waals surface area contributed by atoms with Gasteiger partial charge in [-0.25, -0.2) is 18.3 Å². The van der Waals surface area contributed by atoms with Gasteiger partial charge in [0, 0.05) is 63.6 Å². The molecule has 0 unspecified atom stereocenters. The van der Waals surface area contributed by atoms with Gasteiger partial charge in [-0.3, -0.25) is 0 Å². The molecule has 4 aromatic carbocycles. The van der Waals surface area contributed by atoms with Gasteiger partial charge in [0.25, 0.3) is 11.6 Å². The number of aromatic nitrogens is 4. The van der Waals surface area contributed by atoms with Crippen molar-refractivity contribution in [2.75, 3.05) is 46.8 Å². The molecule has 8 nitrogen and oxygen atoms in total. The zero-order chi connectivity index (χ0) is 41.5. The van der Waals surface area contributed by atoms with E-state index in [0.717, 1.165) is 68.1 Å². The fourth-order valence-corrected chi connectivity index (χ4v) is 9.17. The van der Waals surface area contributed by atoms with Gasteiger partial charge in [0.15, 0.2) is 22.1 Å². The molecule has 0 saturated carbocycles. The Labute approximate surface area is 376 Å². The van der Waals surface area contributed by atoms with Crippen LogP contribution in [0.2, 0.25) is 40.2 Å². The third-order valence-electron chi connectivity index (χ3n) is 11.0. The highest BCUT2D eigenvalue weighted by atomic mass is 35.5. The zero-order valence-corrected chi connectivity index (χ0v) is 38.1. The number of rotatable bonds is 7. The van der Waals surface area contributed by atoms with Crippen molar-refractivity contribution in [2.24, 2.45) is 28.2 Å². The molecule has 0 N–H and O–H groups in total. The van der Waals surface area contributed by atoms with E-state index in [9.17, 15) is 0 Å². The minimum atomic E-state index is 0.472. The molecule has 2 aliphatic rings. The second kappa shape index (κ2) is 15.7.